The molecule has 0 aromatic heterocycles. The van der Waals surface area contributed by atoms with Gasteiger partial charge in [-0.1, -0.05) is 288 Å². The summed E-state index contributed by atoms with van der Waals surface area (Å²) in [6, 6.07) is 0. The van der Waals surface area contributed by atoms with Crippen LogP contribution in [-0.2, 0) is 28.6 Å². The van der Waals surface area contributed by atoms with Crippen LogP contribution in [0.15, 0.2) is 48.6 Å². The first-order valence-electron chi connectivity index (χ1n) is 31.2. The first-order chi connectivity index (χ1) is 35.0. The monoisotopic (exact) mass is 995 g/mol. The lowest BCUT2D eigenvalue weighted by Crippen LogP contribution is -2.30. The van der Waals surface area contributed by atoms with E-state index < -0.39 is 6.10 Å². The maximum absolute atomic E-state index is 12.9. The molecule has 0 radical (unpaired) electrons. The summed E-state index contributed by atoms with van der Waals surface area (Å²) in [5.41, 5.74) is 0. The van der Waals surface area contributed by atoms with Gasteiger partial charge < -0.3 is 14.2 Å². The molecule has 0 aromatic carbocycles. The van der Waals surface area contributed by atoms with Gasteiger partial charge in [0.2, 0.25) is 0 Å². The standard InChI is InChI=1S/C65H118O6/c1-4-7-10-13-16-19-22-25-28-31-34-37-40-43-46-49-52-55-58-64(67)70-61-62(60-69-63(66)57-54-51-48-45-42-39-36-33-30-27-24-21-18-15-12-9-6-3)71-65(68)59-56-53-50-47-44-41-38-35-32-29-26-23-20-17-14-11-8-5-2/h22,25,28,31,34-35,37-38,62H,4-21,23-24,26-27,29-30,32-33,36,39-61H2,1-3H3/b25-22-,31-28-,37-34-,38-35-. The lowest BCUT2D eigenvalue weighted by Gasteiger charge is -2.18. The van der Waals surface area contributed by atoms with E-state index in [9.17, 15) is 14.4 Å². The van der Waals surface area contributed by atoms with Gasteiger partial charge in [-0.3, -0.25) is 14.4 Å². The Bertz CT molecular complexity index is 1230. The summed E-state index contributed by atoms with van der Waals surface area (Å²) >= 11 is 0. The van der Waals surface area contributed by atoms with E-state index in [4.69, 9.17) is 14.2 Å². The van der Waals surface area contributed by atoms with Gasteiger partial charge in [0.25, 0.3) is 0 Å². The van der Waals surface area contributed by atoms with Crippen molar-refractivity contribution < 1.29 is 28.6 Å². The van der Waals surface area contributed by atoms with Gasteiger partial charge in [-0.2, -0.15) is 0 Å². The lowest BCUT2D eigenvalue weighted by atomic mass is 10.0. The van der Waals surface area contributed by atoms with Crippen LogP contribution in [0.1, 0.15) is 329 Å². The highest BCUT2D eigenvalue weighted by Crippen LogP contribution is 2.17. The van der Waals surface area contributed by atoms with E-state index in [1.165, 1.54) is 199 Å². The fourth-order valence-corrected chi connectivity index (χ4v) is 9.15. The molecular formula is C65H118O6. The molecule has 0 aliphatic heterocycles. The second-order valence-corrected chi connectivity index (χ2v) is 21.0. The molecule has 1 unspecified atom stereocenters. The van der Waals surface area contributed by atoms with Crippen LogP contribution in [0, 0.1) is 0 Å². The maximum atomic E-state index is 12.9. The highest BCUT2D eigenvalue weighted by atomic mass is 16.6. The summed E-state index contributed by atoms with van der Waals surface area (Å²) in [5.74, 6) is -0.889. The van der Waals surface area contributed by atoms with Crippen LogP contribution in [0.5, 0.6) is 0 Å². The zero-order valence-corrected chi connectivity index (χ0v) is 47.5. The molecule has 6 heteroatoms. The van der Waals surface area contributed by atoms with Gasteiger partial charge in [-0.25, -0.2) is 0 Å². The zero-order chi connectivity index (χ0) is 51.4. The summed E-state index contributed by atoms with van der Waals surface area (Å²) in [4.78, 5) is 38.3. The third-order valence-corrected chi connectivity index (χ3v) is 13.9. The Morgan fingerprint density at radius 1 is 0.282 bits per heavy atom. The number of hydrogen-bond acceptors (Lipinski definition) is 6. The smallest absolute Gasteiger partial charge is 0.306 e. The van der Waals surface area contributed by atoms with Crippen molar-refractivity contribution in [2.45, 2.75) is 335 Å². The Morgan fingerprint density at radius 2 is 0.521 bits per heavy atom. The van der Waals surface area contributed by atoms with Crippen LogP contribution in [0.3, 0.4) is 0 Å². The van der Waals surface area contributed by atoms with Crippen molar-refractivity contribution in [2.75, 3.05) is 13.2 Å². The lowest BCUT2D eigenvalue weighted by molar-refractivity contribution is -0.167. The van der Waals surface area contributed by atoms with Crippen molar-refractivity contribution >= 4 is 17.9 Å². The Morgan fingerprint density at radius 3 is 0.817 bits per heavy atom. The number of rotatable bonds is 57. The normalized spacial score (nSPS) is 12.3. The number of allylic oxidation sites excluding steroid dienone is 8. The Labute approximate surface area is 441 Å². The molecule has 0 aliphatic carbocycles. The van der Waals surface area contributed by atoms with Gasteiger partial charge >= 0.3 is 17.9 Å². The predicted molar refractivity (Wildman–Crippen MR) is 307 cm³/mol. The van der Waals surface area contributed by atoms with Crippen molar-refractivity contribution in [2.24, 2.45) is 0 Å². The van der Waals surface area contributed by atoms with Gasteiger partial charge in [0.1, 0.15) is 13.2 Å². The molecule has 0 fully saturated rings. The average molecular weight is 996 g/mol. The fraction of sp³-hybridized carbons (Fsp3) is 0.831. The largest absolute Gasteiger partial charge is 0.462 e. The molecule has 0 aromatic rings. The number of carbonyl (C=O) groups is 3. The van der Waals surface area contributed by atoms with Crippen molar-refractivity contribution in [3.63, 3.8) is 0 Å². The van der Waals surface area contributed by atoms with E-state index >= 15 is 0 Å². The molecule has 0 N–H and O–H groups in total. The number of carbonyl (C=O) groups excluding carboxylic acids is 3. The SMILES string of the molecule is CCCCCCC\C=C/C=C\C=C/CCCCCCCC(=O)OCC(COC(=O)CCCCCCCCCCCCCCCCCCC)OC(=O)CCCCCCC/C=C\CCCCCCCCCCC. The van der Waals surface area contributed by atoms with Crippen LogP contribution in [-0.4, -0.2) is 37.2 Å². The second-order valence-electron chi connectivity index (χ2n) is 21.0. The summed E-state index contributed by atoms with van der Waals surface area (Å²) in [6.45, 7) is 6.65. The minimum absolute atomic E-state index is 0.0798. The Hall–Kier alpha value is -2.63. The number of hydrogen-bond donors (Lipinski definition) is 0. The molecular weight excluding hydrogens is 877 g/mol. The van der Waals surface area contributed by atoms with E-state index in [-0.39, 0.29) is 31.1 Å². The molecule has 1 atom stereocenters. The minimum atomic E-state index is -0.785. The zero-order valence-electron chi connectivity index (χ0n) is 47.5. The molecule has 0 amide bonds. The van der Waals surface area contributed by atoms with Gasteiger partial charge in [0.05, 0.1) is 0 Å². The number of ether oxygens (including phenoxy) is 3. The molecule has 0 spiro atoms. The van der Waals surface area contributed by atoms with Crippen molar-refractivity contribution in [1.82, 2.24) is 0 Å². The first-order valence-corrected chi connectivity index (χ1v) is 31.2. The molecule has 0 heterocycles. The molecule has 0 saturated carbocycles. The van der Waals surface area contributed by atoms with E-state index in [1.807, 2.05) is 0 Å². The molecule has 0 saturated heterocycles. The fourth-order valence-electron chi connectivity index (χ4n) is 9.15. The van der Waals surface area contributed by atoms with Gasteiger partial charge in [0.15, 0.2) is 6.10 Å². The second kappa shape index (κ2) is 59.9. The first kappa shape index (κ1) is 68.4. The van der Waals surface area contributed by atoms with Crippen molar-refractivity contribution in [3.8, 4) is 0 Å². The summed E-state index contributed by atoms with van der Waals surface area (Å²) in [6.07, 6.45) is 73.9. The van der Waals surface area contributed by atoms with Crippen LogP contribution in [0.4, 0.5) is 0 Å². The average Bonchev–Trinajstić information content (AvgIpc) is 3.37. The molecule has 71 heavy (non-hydrogen) atoms. The quantitative estimate of drug-likeness (QED) is 0.0199. The van der Waals surface area contributed by atoms with Gasteiger partial charge in [-0.05, 0) is 70.6 Å². The molecule has 0 bridgehead atoms. The highest BCUT2D eigenvalue weighted by molar-refractivity contribution is 5.71. The van der Waals surface area contributed by atoms with Gasteiger partial charge in [-0.15, -0.1) is 0 Å². The number of unbranched alkanes of at least 4 members (excludes halogenated alkanes) is 40. The third-order valence-electron chi connectivity index (χ3n) is 13.9. The van der Waals surface area contributed by atoms with Crippen LogP contribution >= 0.6 is 0 Å². The topological polar surface area (TPSA) is 78.9 Å². The van der Waals surface area contributed by atoms with Crippen molar-refractivity contribution in [3.05, 3.63) is 48.6 Å². The summed E-state index contributed by atoms with van der Waals surface area (Å²) < 4.78 is 16.9. The van der Waals surface area contributed by atoms with Crippen LogP contribution in [0.25, 0.3) is 0 Å². The molecule has 414 valence electrons. The summed E-state index contributed by atoms with van der Waals surface area (Å²) in [7, 11) is 0. The Kier molecular flexibility index (Phi) is 57.7. The summed E-state index contributed by atoms with van der Waals surface area (Å²) in [5, 5.41) is 0. The third kappa shape index (κ3) is 58.1. The van der Waals surface area contributed by atoms with E-state index in [2.05, 4.69) is 69.4 Å². The predicted octanol–water partition coefficient (Wildman–Crippen LogP) is 21.0. The van der Waals surface area contributed by atoms with Crippen LogP contribution < -0.4 is 0 Å². The maximum Gasteiger partial charge on any atom is 0.306 e. The van der Waals surface area contributed by atoms with Gasteiger partial charge in [0, 0.05) is 19.3 Å². The van der Waals surface area contributed by atoms with Crippen molar-refractivity contribution in [1.29, 1.82) is 0 Å². The molecule has 6 nitrogen and oxygen atoms in total. The molecule has 0 aliphatic rings. The Balaban J connectivity index is 4.40. The molecule has 0 rings (SSSR count). The van der Waals surface area contributed by atoms with E-state index in [0.29, 0.717) is 19.3 Å². The minimum Gasteiger partial charge on any atom is -0.462 e. The number of esters is 3. The highest BCUT2D eigenvalue weighted by Gasteiger charge is 2.19. The van der Waals surface area contributed by atoms with Crippen LogP contribution in [0.2, 0.25) is 0 Å². The van der Waals surface area contributed by atoms with E-state index in [1.54, 1.807) is 0 Å². The van der Waals surface area contributed by atoms with E-state index in [0.717, 1.165) is 89.9 Å².